The molecule has 0 saturated carbocycles. The minimum atomic E-state index is -1.80. The van der Waals surface area contributed by atoms with Crippen molar-refractivity contribution in [3.8, 4) is 0 Å². The molecule has 0 fully saturated rings. The summed E-state index contributed by atoms with van der Waals surface area (Å²) in [5.74, 6) is -0.996. The summed E-state index contributed by atoms with van der Waals surface area (Å²) < 4.78 is 4.56. The van der Waals surface area contributed by atoms with Crippen LogP contribution in [0.25, 0.3) is 0 Å². The third-order valence-electron chi connectivity index (χ3n) is 2.64. The Balaban J connectivity index is 3.02. The van der Waals surface area contributed by atoms with Crippen molar-refractivity contribution in [2.75, 3.05) is 6.61 Å². The number of rotatable bonds is 6. The average molecular weight is 285 g/mol. The Hall–Kier alpha value is -2.03. The summed E-state index contributed by atoms with van der Waals surface area (Å²) in [6, 6.07) is 3.44. The van der Waals surface area contributed by atoms with Gasteiger partial charge in [0, 0.05) is 6.07 Å². The van der Waals surface area contributed by atoms with Crippen LogP contribution in [-0.2, 0) is 16.1 Å². The predicted molar refractivity (Wildman–Crippen MR) is 66.6 cm³/mol. The first-order chi connectivity index (χ1) is 9.42. The van der Waals surface area contributed by atoms with E-state index < -0.39 is 29.7 Å². The molecule has 0 radical (unpaired) electrons. The van der Waals surface area contributed by atoms with Gasteiger partial charge < -0.3 is 20.1 Å². The molecule has 1 aromatic rings. The average Bonchev–Trinajstić information content (AvgIpc) is 2.44. The maximum absolute atomic E-state index is 11.3. The van der Waals surface area contributed by atoms with Crippen LogP contribution in [0, 0.1) is 10.1 Å². The van der Waals surface area contributed by atoms with E-state index in [4.69, 9.17) is 5.11 Å². The van der Waals surface area contributed by atoms with Crippen molar-refractivity contribution in [2.24, 2.45) is 0 Å². The second kappa shape index (κ2) is 6.94. The Bertz CT molecular complexity index is 503. The van der Waals surface area contributed by atoms with E-state index in [1.807, 2.05) is 0 Å². The number of aliphatic hydroxyl groups excluding tert-OH is 3. The molecule has 2 atom stereocenters. The van der Waals surface area contributed by atoms with Crippen LogP contribution in [-0.4, -0.2) is 38.9 Å². The molecule has 0 saturated heterocycles. The molecule has 20 heavy (non-hydrogen) atoms. The van der Waals surface area contributed by atoms with Gasteiger partial charge in [0.05, 0.1) is 23.7 Å². The topological polar surface area (TPSA) is 130 Å². The highest BCUT2D eigenvalue weighted by atomic mass is 16.6. The molecule has 0 aliphatic heterocycles. The summed E-state index contributed by atoms with van der Waals surface area (Å²) in [5, 5.41) is 39.2. The third-order valence-corrected chi connectivity index (χ3v) is 2.64. The normalized spacial score (nSPS) is 13.6. The van der Waals surface area contributed by atoms with Gasteiger partial charge in [0.15, 0.2) is 6.10 Å². The highest BCUT2D eigenvalue weighted by molar-refractivity contribution is 5.75. The molecule has 0 heterocycles. The quantitative estimate of drug-likeness (QED) is 0.382. The minimum Gasteiger partial charge on any atom is -0.464 e. The molecular formula is C12H15NO7. The Labute approximate surface area is 114 Å². The highest BCUT2D eigenvalue weighted by Crippen LogP contribution is 2.25. The number of carbonyl (C=O) groups is 1. The SMILES string of the molecule is CCOC(=O)C(O)C(O)c1ccc([N+](=O)[O-])c(CO)c1. The number of carbonyl (C=O) groups excluding carboxylic acids is 1. The lowest BCUT2D eigenvalue weighted by Gasteiger charge is -2.17. The van der Waals surface area contributed by atoms with Crippen molar-refractivity contribution in [2.45, 2.75) is 25.7 Å². The Morgan fingerprint density at radius 1 is 1.45 bits per heavy atom. The van der Waals surface area contributed by atoms with Crippen LogP contribution >= 0.6 is 0 Å². The first-order valence-corrected chi connectivity index (χ1v) is 5.83. The largest absolute Gasteiger partial charge is 0.464 e. The number of nitro groups is 1. The zero-order valence-corrected chi connectivity index (χ0v) is 10.7. The van der Waals surface area contributed by atoms with Crippen molar-refractivity contribution in [3.05, 3.63) is 39.4 Å². The summed E-state index contributed by atoms with van der Waals surface area (Å²) in [4.78, 5) is 21.3. The molecule has 110 valence electrons. The zero-order chi connectivity index (χ0) is 15.3. The van der Waals surface area contributed by atoms with E-state index in [1.165, 1.54) is 6.07 Å². The smallest absolute Gasteiger partial charge is 0.338 e. The lowest BCUT2D eigenvalue weighted by Crippen LogP contribution is -2.30. The van der Waals surface area contributed by atoms with E-state index in [2.05, 4.69) is 4.74 Å². The van der Waals surface area contributed by atoms with Crippen molar-refractivity contribution in [3.63, 3.8) is 0 Å². The fourth-order valence-corrected chi connectivity index (χ4v) is 1.63. The summed E-state index contributed by atoms with van der Waals surface area (Å²) in [5.41, 5.74) is -0.267. The number of benzene rings is 1. The fourth-order valence-electron chi connectivity index (χ4n) is 1.63. The van der Waals surface area contributed by atoms with E-state index in [9.17, 15) is 25.1 Å². The van der Waals surface area contributed by atoms with Crippen molar-refractivity contribution < 1.29 is 29.8 Å². The van der Waals surface area contributed by atoms with E-state index in [-0.39, 0.29) is 23.4 Å². The monoisotopic (exact) mass is 285 g/mol. The first-order valence-electron chi connectivity index (χ1n) is 5.83. The molecule has 2 unspecified atom stereocenters. The summed E-state index contributed by atoms with van der Waals surface area (Å²) in [6.45, 7) is 0.990. The molecular weight excluding hydrogens is 270 g/mol. The summed E-state index contributed by atoms with van der Waals surface area (Å²) >= 11 is 0. The highest BCUT2D eigenvalue weighted by Gasteiger charge is 2.28. The second-order valence-corrected chi connectivity index (χ2v) is 3.95. The van der Waals surface area contributed by atoms with E-state index >= 15 is 0 Å². The van der Waals surface area contributed by atoms with Gasteiger partial charge in [-0.3, -0.25) is 10.1 Å². The molecule has 0 amide bonds. The third kappa shape index (κ3) is 3.50. The zero-order valence-electron chi connectivity index (χ0n) is 10.7. The first kappa shape index (κ1) is 16.0. The van der Waals surface area contributed by atoms with Crippen LogP contribution in [0.5, 0.6) is 0 Å². The molecule has 3 N–H and O–H groups in total. The van der Waals surface area contributed by atoms with E-state index in [0.717, 1.165) is 12.1 Å². The summed E-state index contributed by atoms with van der Waals surface area (Å²) in [6.07, 6.45) is -3.40. The molecule has 1 aromatic carbocycles. The molecule has 0 spiro atoms. The van der Waals surface area contributed by atoms with E-state index in [1.54, 1.807) is 6.92 Å². The number of nitro benzene ring substituents is 1. The molecule has 0 aliphatic carbocycles. The summed E-state index contributed by atoms with van der Waals surface area (Å²) in [7, 11) is 0. The maximum Gasteiger partial charge on any atom is 0.338 e. The molecule has 8 nitrogen and oxygen atoms in total. The number of aliphatic hydroxyl groups is 3. The van der Waals surface area contributed by atoms with Crippen molar-refractivity contribution in [1.82, 2.24) is 0 Å². The molecule has 0 bridgehead atoms. The fraction of sp³-hybridized carbons (Fsp3) is 0.417. The number of hydrogen-bond donors (Lipinski definition) is 3. The Morgan fingerprint density at radius 3 is 2.60 bits per heavy atom. The van der Waals surface area contributed by atoms with E-state index in [0.29, 0.717) is 0 Å². The van der Waals surface area contributed by atoms with Gasteiger partial charge in [-0.1, -0.05) is 0 Å². The van der Waals surface area contributed by atoms with Crippen LogP contribution in [0.3, 0.4) is 0 Å². The standard InChI is InChI=1S/C12H15NO7/c1-2-20-12(17)11(16)10(15)7-3-4-9(13(18)19)8(5-7)6-14/h3-5,10-11,14-16H,2,6H2,1H3. The lowest BCUT2D eigenvalue weighted by molar-refractivity contribution is -0.385. The van der Waals surface area contributed by atoms with Crippen LogP contribution in [0.15, 0.2) is 18.2 Å². The van der Waals surface area contributed by atoms with Crippen molar-refractivity contribution in [1.29, 1.82) is 0 Å². The van der Waals surface area contributed by atoms with Gasteiger partial charge in [-0.05, 0) is 24.6 Å². The maximum atomic E-state index is 11.3. The van der Waals surface area contributed by atoms with Gasteiger partial charge in [0.1, 0.15) is 6.10 Å². The Morgan fingerprint density at radius 2 is 2.10 bits per heavy atom. The number of esters is 1. The van der Waals surface area contributed by atoms with Gasteiger partial charge in [-0.15, -0.1) is 0 Å². The van der Waals surface area contributed by atoms with Crippen molar-refractivity contribution >= 4 is 11.7 Å². The van der Waals surface area contributed by atoms with Gasteiger partial charge in [-0.2, -0.15) is 0 Å². The van der Waals surface area contributed by atoms with Gasteiger partial charge in [0.2, 0.25) is 0 Å². The number of hydrogen-bond acceptors (Lipinski definition) is 7. The van der Waals surface area contributed by atoms with Crippen LogP contribution in [0.2, 0.25) is 0 Å². The Kier molecular flexibility index (Phi) is 5.56. The van der Waals surface area contributed by atoms with Crippen LogP contribution in [0.1, 0.15) is 24.2 Å². The lowest BCUT2D eigenvalue weighted by atomic mass is 10.0. The number of nitrogens with zero attached hydrogens (tertiary/aromatic N) is 1. The van der Waals surface area contributed by atoms with Crippen LogP contribution in [0.4, 0.5) is 5.69 Å². The predicted octanol–water partition coefficient (Wildman–Crippen LogP) is 0.0445. The number of ether oxygens (including phenoxy) is 1. The molecule has 0 aromatic heterocycles. The minimum absolute atomic E-state index is 0.0254. The second-order valence-electron chi connectivity index (χ2n) is 3.95. The van der Waals surface area contributed by atoms with Gasteiger partial charge in [-0.25, -0.2) is 4.79 Å². The van der Waals surface area contributed by atoms with Gasteiger partial charge >= 0.3 is 5.97 Å². The van der Waals surface area contributed by atoms with Gasteiger partial charge in [0.25, 0.3) is 5.69 Å². The molecule has 1 rings (SSSR count). The van der Waals surface area contributed by atoms with Crippen LogP contribution < -0.4 is 0 Å². The molecule has 0 aliphatic rings. The molecule has 8 heteroatoms.